The van der Waals surface area contributed by atoms with E-state index in [-0.39, 0.29) is 30.5 Å². The minimum Gasteiger partial charge on any atom is -0.468 e. The third kappa shape index (κ3) is 3.20. The second kappa shape index (κ2) is 6.36. The number of ether oxygens (including phenoxy) is 2. The zero-order chi connectivity index (χ0) is 17.3. The Bertz CT molecular complexity index is 836. The van der Waals surface area contributed by atoms with E-state index >= 15 is 0 Å². The predicted octanol–water partition coefficient (Wildman–Crippen LogP) is 0.949. The highest BCUT2D eigenvalue weighted by molar-refractivity contribution is 7.47. The Morgan fingerprint density at radius 1 is 1.50 bits per heavy atom. The molecule has 130 valence electrons. The molecule has 24 heavy (non-hydrogen) atoms. The molecule has 2 aromatic rings. The standard InChI is InChI=1S/C12H16N5O6P/c1-20-5-9-8(23-24(18,19)21-2)3-10(22-9)17-6-15-7-4-14-12(13)16-11(7)17/h4,6,10H,3,5H2,1-2H3,(H,18,19)(H2,13,14,16)/t10-/m1/s1. The van der Waals surface area contributed by atoms with Crippen molar-refractivity contribution >= 4 is 24.9 Å². The fourth-order valence-corrected chi connectivity index (χ4v) is 2.79. The number of fused-ring (bicyclic) bond motifs is 1. The maximum Gasteiger partial charge on any atom is 0.526 e. The lowest BCUT2D eigenvalue weighted by Crippen LogP contribution is -2.09. The van der Waals surface area contributed by atoms with Crippen LogP contribution in [0.2, 0.25) is 0 Å². The van der Waals surface area contributed by atoms with Gasteiger partial charge in [0.1, 0.15) is 18.5 Å². The summed E-state index contributed by atoms with van der Waals surface area (Å²) in [4.78, 5) is 21.7. The highest BCUT2D eigenvalue weighted by atomic mass is 31.2. The SMILES string of the molecule is COCC1=C(OP(=O)(O)OC)C[C@H](n2cnc3cnc(N)nc32)O1. The van der Waals surface area contributed by atoms with Crippen LogP contribution in [0.1, 0.15) is 12.6 Å². The molecule has 3 heterocycles. The van der Waals surface area contributed by atoms with Gasteiger partial charge in [0.05, 0.1) is 12.6 Å². The number of hydrogen-bond donors (Lipinski definition) is 2. The minimum absolute atomic E-state index is 0.0688. The van der Waals surface area contributed by atoms with Gasteiger partial charge in [-0.1, -0.05) is 0 Å². The summed E-state index contributed by atoms with van der Waals surface area (Å²) in [6.07, 6.45) is 2.60. The van der Waals surface area contributed by atoms with E-state index in [2.05, 4.69) is 19.5 Å². The summed E-state index contributed by atoms with van der Waals surface area (Å²) in [5.41, 5.74) is 6.63. The number of rotatable bonds is 6. The van der Waals surface area contributed by atoms with Gasteiger partial charge in [-0.05, 0) is 0 Å². The van der Waals surface area contributed by atoms with Crippen LogP contribution in [0.15, 0.2) is 24.0 Å². The van der Waals surface area contributed by atoms with Crippen molar-refractivity contribution in [2.45, 2.75) is 12.6 Å². The number of nitrogens with zero attached hydrogens (tertiary/aromatic N) is 4. The van der Waals surface area contributed by atoms with Gasteiger partial charge in [0.15, 0.2) is 23.4 Å². The van der Waals surface area contributed by atoms with Crippen LogP contribution in [0, 0.1) is 0 Å². The molecule has 0 aliphatic carbocycles. The Morgan fingerprint density at radius 3 is 3.00 bits per heavy atom. The van der Waals surface area contributed by atoms with Crippen LogP contribution in [0.4, 0.5) is 5.95 Å². The van der Waals surface area contributed by atoms with Gasteiger partial charge >= 0.3 is 7.82 Å². The number of phosphoric acid groups is 1. The van der Waals surface area contributed by atoms with E-state index < -0.39 is 14.1 Å². The summed E-state index contributed by atoms with van der Waals surface area (Å²) in [5, 5.41) is 0. The molecule has 0 amide bonds. The number of anilines is 1. The van der Waals surface area contributed by atoms with Crippen LogP contribution in [-0.4, -0.2) is 45.2 Å². The van der Waals surface area contributed by atoms with E-state index in [9.17, 15) is 9.46 Å². The smallest absolute Gasteiger partial charge is 0.468 e. The first kappa shape index (κ1) is 16.7. The summed E-state index contributed by atoms with van der Waals surface area (Å²) in [5.74, 6) is 0.555. The maximum absolute atomic E-state index is 11.7. The molecule has 0 saturated heterocycles. The van der Waals surface area contributed by atoms with Gasteiger partial charge < -0.3 is 19.7 Å². The van der Waals surface area contributed by atoms with E-state index in [4.69, 9.17) is 19.7 Å². The van der Waals surface area contributed by atoms with Crippen LogP contribution in [0.5, 0.6) is 0 Å². The Hall–Kier alpha value is -2.20. The van der Waals surface area contributed by atoms with Gasteiger partial charge in [0, 0.05) is 14.2 Å². The van der Waals surface area contributed by atoms with E-state index in [1.807, 2.05) is 0 Å². The van der Waals surface area contributed by atoms with Crippen LogP contribution in [-0.2, 0) is 23.1 Å². The summed E-state index contributed by atoms with van der Waals surface area (Å²) in [7, 11) is -1.66. The van der Waals surface area contributed by atoms with Gasteiger partial charge in [0.2, 0.25) is 5.95 Å². The molecular weight excluding hydrogens is 341 g/mol. The Morgan fingerprint density at radius 2 is 2.29 bits per heavy atom. The number of phosphoric ester groups is 1. The topological polar surface area (TPSA) is 144 Å². The second-order valence-electron chi connectivity index (χ2n) is 4.89. The number of aromatic nitrogens is 4. The molecular formula is C12H16N5O6P. The van der Waals surface area contributed by atoms with Crippen molar-refractivity contribution in [3.05, 3.63) is 24.0 Å². The summed E-state index contributed by atoms with van der Waals surface area (Å²) >= 11 is 0. The molecule has 0 fully saturated rings. The van der Waals surface area contributed by atoms with Gasteiger partial charge in [0.25, 0.3) is 0 Å². The second-order valence-corrected chi connectivity index (χ2v) is 6.37. The number of nitrogens with two attached hydrogens (primary N) is 1. The molecule has 0 radical (unpaired) electrons. The molecule has 3 N–H and O–H groups in total. The number of imidazole rings is 1. The van der Waals surface area contributed by atoms with Gasteiger partial charge in [-0.2, -0.15) is 4.98 Å². The van der Waals surface area contributed by atoms with Crippen molar-refractivity contribution < 1.29 is 28.0 Å². The van der Waals surface area contributed by atoms with E-state index in [1.54, 1.807) is 4.57 Å². The largest absolute Gasteiger partial charge is 0.526 e. The van der Waals surface area contributed by atoms with Crippen molar-refractivity contribution in [2.75, 3.05) is 26.6 Å². The monoisotopic (exact) mass is 357 g/mol. The van der Waals surface area contributed by atoms with E-state index in [1.165, 1.54) is 19.6 Å². The highest BCUT2D eigenvalue weighted by Gasteiger charge is 2.34. The van der Waals surface area contributed by atoms with Crippen molar-refractivity contribution in [2.24, 2.45) is 0 Å². The molecule has 2 aromatic heterocycles. The molecule has 3 rings (SSSR count). The predicted molar refractivity (Wildman–Crippen MR) is 81.3 cm³/mol. The number of methoxy groups -OCH3 is 1. The van der Waals surface area contributed by atoms with Gasteiger partial charge in [-0.15, -0.1) is 0 Å². The number of hydrogen-bond acceptors (Lipinski definition) is 9. The molecule has 0 saturated carbocycles. The molecule has 0 spiro atoms. The molecule has 1 aliphatic rings. The van der Waals surface area contributed by atoms with Gasteiger partial charge in [-0.25, -0.2) is 14.5 Å². The third-order valence-corrected chi connectivity index (χ3v) is 4.24. The van der Waals surface area contributed by atoms with Crippen molar-refractivity contribution in [1.29, 1.82) is 0 Å². The maximum atomic E-state index is 11.7. The van der Waals surface area contributed by atoms with Crippen molar-refractivity contribution in [3.8, 4) is 0 Å². The summed E-state index contributed by atoms with van der Waals surface area (Å²) < 4.78 is 33.6. The van der Waals surface area contributed by atoms with E-state index in [0.717, 1.165) is 7.11 Å². The average Bonchev–Trinajstić information content (AvgIpc) is 3.11. The lowest BCUT2D eigenvalue weighted by molar-refractivity contribution is 0.0563. The highest BCUT2D eigenvalue weighted by Crippen LogP contribution is 2.48. The summed E-state index contributed by atoms with van der Waals surface area (Å²) in [6.45, 7) is 0.0688. The first-order chi connectivity index (χ1) is 11.4. The average molecular weight is 357 g/mol. The number of nitrogen functional groups attached to an aromatic ring is 1. The fourth-order valence-electron chi connectivity index (χ4n) is 2.26. The lowest BCUT2D eigenvalue weighted by Gasteiger charge is -2.14. The molecule has 1 aliphatic heterocycles. The first-order valence-corrected chi connectivity index (χ1v) is 8.34. The molecule has 0 bridgehead atoms. The van der Waals surface area contributed by atoms with Crippen LogP contribution >= 0.6 is 7.82 Å². The fraction of sp³-hybridized carbons (Fsp3) is 0.417. The zero-order valence-corrected chi connectivity index (χ0v) is 13.8. The zero-order valence-electron chi connectivity index (χ0n) is 12.9. The van der Waals surface area contributed by atoms with E-state index in [0.29, 0.717) is 11.2 Å². The van der Waals surface area contributed by atoms with Crippen LogP contribution < -0.4 is 5.73 Å². The molecule has 2 atom stereocenters. The molecule has 1 unspecified atom stereocenters. The molecule has 11 nitrogen and oxygen atoms in total. The molecule has 12 heteroatoms. The van der Waals surface area contributed by atoms with Crippen molar-refractivity contribution in [1.82, 2.24) is 19.5 Å². The van der Waals surface area contributed by atoms with Crippen LogP contribution in [0.3, 0.4) is 0 Å². The normalized spacial score (nSPS) is 20.2. The third-order valence-electron chi connectivity index (χ3n) is 3.33. The molecule has 0 aromatic carbocycles. The first-order valence-electron chi connectivity index (χ1n) is 6.84. The Labute approximate surface area is 136 Å². The lowest BCUT2D eigenvalue weighted by atomic mass is 10.3. The quantitative estimate of drug-likeness (QED) is 0.717. The van der Waals surface area contributed by atoms with Crippen LogP contribution in [0.25, 0.3) is 11.2 Å². The van der Waals surface area contributed by atoms with Gasteiger partial charge in [-0.3, -0.25) is 14.0 Å². The minimum atomic E-state index is -4.21. The van der Waals surface area contributed by atoms with Crippen molar-refractivity contribution in [3.63, 3.8) is 0 Å². The summed E-state index contributed by atoms with van der Waals surface area (Å²) in [6, 6.07) is 0. The Balaban J connectivity index is 1.89. The Kier molecular flexibility index (Phi) is 4.41.